The third kappa shape index (κ3) is 4.49. The second kappa shape index (κ2) is 9.15. The zero-order chi connectivity index (χ0) is 16.2. The van der Waals surface area contributed by atoms with E-state index >= 15 is 0 Å². The molecule has 134 valence electrons. The fourth-order valence-electron chi connectivity index (χ4n) is 3.55. The first-order chi connectivity index (χ1) is 11.2. The summed E-state index contributed by atoms with van der Waals surface area (Å²) >= 11 is 3.48. The molecule has 7 heteroatoms. The molecule has 0 spiro atoms. The van der Waals surface area contributed by atoms with Crippen LogP contribution in [0.5, 0.6) is 0 Å². The van der Waals surface area contributed by atoms with E-state index in [1.54, 1.807) is 0 Å². The van der Waals surface area contributed by atoms with Crippen molar-refractivity contribution >= 4 is 34.2 Å². The van der Waals surface area contributed by atoms with Gasteiger partial charge in [-0.2, -0.15) is 0 Å². The second-order valence-electron chi connectivity index (χ2n) is 6.42. The van der Waals surface area contributed by atoms with Crippen LogP contribution >= 0.6 is 28.3 Å². The molecule has 0 aromatic heterocycles. The number of benzene rings is 1. The lowest BCUT2D eigenvalue weighted by Crippen LogP contribution is -2.51. The molecule has 0 bridgehead atoms. The van der Waals surface area contributed by atoms with Gasteiger partial charge in [-0.15, -0.1) is 12.4 Å². The van der Waals surface area contributed by atoms with E-state index in [0.717, 1.165) is 36.8 Å². The van der Waals surface area contributed by atoms with E-state index in [4.69, 9.17) is 0 Å². The predicted molar refractivity (Wildman–Crippen MR) is 102 cm³/mol. The molecule has 2 aliphatic heterocycles. The van der Waals surface area contributed by atoms with Crippen molar-refractivity contribution in [2.75, 3.05) is 13.1 Å². The lowest BCUT2D eigenvalue weighted by atomic mass is 9.90. The van der Waals surface area contributed by atoms with Gasteiger partial charge in [0.15, 0.2) is 0 Å². The van der Waals surface area contributed by atoms with Crippen molar-refractivity contribution in [1.29, 1.82) is 0 Å². The zero-order valence-corrected chi connectivity index (χ0v) is 16.3. The van der Waals surface area contributed by atoms with Crippen LogP contribution in [0.15, 0.2) is 28.7 Å². The van der Waals surface area contributed by atoms with Crippen LogP contribution in [0.1, 0.15) is 37.8 Å². The van der Waals surface area contributed by atoms with Crippen LogP contribution in [-0.2, 0) is 4.79 Å². The quantitative estimate of drug-likeness (QED) is 0.608. The Hall–Kier alpha value is -0.660. The summed E-state index contributed by atoms with van der Waals surface area (Å²) in [6.45, 7) is 3.99. The molecular formula is C17H26BrClN4O. The molecule has 2 aliphatic rings. The van der Waals surface area contributed by atoms with E-state index in [1.807, 2.05) is 0 Å². The first-order valence-electron chi connectivity index (χ1n) is 8.46. The van der Waals surface area contributed by atoms with E-state index < -0.39 is 0 Å². The minimum Gasteiger partial charge on any atom is -0.339 e. The average Bonchev–Trinajstić information content (AvgIpc) is 2.99. The van der Waals surface area contributed by atoms with Gasteiger partial charge < -0.3 is 10.6 Å². The Labute approximate surface area is 158 Å². The molecule has 1 amide bonds. The Morgan fingerprint density at radius 3 is 2.67 bits per heavy atom. The summed E-state index contributed by atoms with van der Waals surface area (Å²) < 4.78 is 1.08. The van der Waals surface area contributed by atoms with Gasteiger partial charge in [0.25, 0.3) is 0 Å². The number of nitrogens with one attached hydrogen (secondary N) is 4. The molecule has 4 N–H and O–H groups in total. The number of piperidine rings is 1. The maximum atomic E-state index is 12.5. The molecule has 0 radical (unpaired) electrons. The Morgan fingerprint density at radius 1 is 1.29 bits per heavy atom. The molecule has 1 aromatic carbocycles. The number of halogens is 2. The van der Waals surface area contributed by atoms with Crippen LogP contribution in [-0.4, -0.2) is 25.2 Å². The van der Waals surface area contributed by atoms with Crippen LogP contribution in [0.25, 0.3) is 0 Å². The Kier molecular flexibility index (Phi) is 7.50. The molecule has 4 unspecified atom stereocenters. The van der Waals surface area contributed by atoms with Gasteiger partial charge in [-0.25, -0.2) is 10.9 Å². The number of hydrogen-bond donors (Lipinski definition) is 4. The van der Waals surface area contributed by atoms with Crippen molar-refractivity contribution in [3.63, 3.8) is 0 Å². The Bertz CT molecular complexity index is 536. The smallest absolute Gasteiger partial charge is 0.225 e. The van der Waals surface area contributed by atoms with Crippen LogP contribution in [0.2, 0.25) is 0 Å². The Morgan fingerprint density at radius 2 is 2.04 bits per heavy atom. The maximum absolute atomic E-state index is 12.5. The van der Waals surface area contributed by atoms with Gasteiger partial charge in [0.2, 0.25) is 5.91 Å². The number of hydrazine groups is 1. The standard InChI is InChI=1S/C17H25BrN4O.ClH/c1-2-14-15(11-5-7-13(18)8-6-11)21-22-16(14)20-17(23)12-4-3-9-19-10-12;/h5-8,12,14-16,19,21-22H,2-4,9-10H2,1H3,(H,20,23);1H. The summed E-state index contributed by atoms with van der Waals surface area (Å²) in [5.41, 5.74) is 7.87. The zero-order valence-electron chi connectivity index (χ0n) is 13.8. The van der Waals surface area contributed by atoms with Crippen molar-refractivity contribution in [2.45, 2.75) is 38.4 Å². The molecule has 2 heterocycles. The van der Waals surface area contributed by atoms with Crippen molar-refractivity contribution in [3.05, 3.63) is 34.3 Å². The Balaban J connectivity index is 0.00000208. The van der Waals surface area contributed by atoms with Crippen molar-refractivity contribution < 1.29 is 4.79 Å². The molecule has 3 rings (SSSR count). The number of rotatable bonds is 4. The molecule has 2 saturated heterocycles. The van der Waals surface area contributed by atoms with Crippen molar-refractivity contribution in [2.24, 2.45) is 11.8 Å². The van der Waals surface area contributed by atoms with E-state index in [2.05, 4.69) is 68.6 Å². The molecule has 1 aromatic rings. The summed E-state index contributed by atoms with van der Waals surface area (Å²) in [6.07, 6.45) is 3.02. The SMILES string of the molecule is CCC1C(NC(=O)C2CCCNC2)NNC1c1ccc(Br)cc1.Cl. The molecule has 0 aliphatic carbocycles. The van der Waals surface area contributed by atoms with Gasteiger partial charge >= 0.3 is 0 Å². The van der Waals surface area contributed by atoms with E-state index in [0.29, 0.717) is 5.92 Å². The predicted octanol–water partition coefficient (Wildman–Crippen LogP) is 2.49. The molecule has 5 nitrogen and oxygen atoms in total. The van der Waals surface area contributed by atoms with Gasteiger partial charge in [-0.1, -0.05) is 35.0 Å². The number of carbonyl (C=O) groups excluding carboxylic acids is 1. The minimum absolute atomic E-state index is 0. The number of hydrogen-bond acceptors (Lipinski definition) is 4. The van der Waals surface area contributed by atoms with Crippen LogP contribution in [0, 0.1) is 11.8 Å². The second-order valence-corrected chi connectivity index (χ2v) is 7.34. The largest absolute Gasteiger partial charge is 0.339 e. The fourth-order valence-corrected chi connectivity index (χ4v) is 3.81. The van der Waals surface area contributed by atoms with E-state index in [-0.39, 0.29) is 36.4 Å². The fraction of sp³-hybridized carbons (Fsp3) is 0.588. The highest BCUT2D eigenvalue weighted by atomic mass is 79.9. The minimum atomic E-state index is -0.0249. The lowest BCUT2D eigenvalue weighted by Gasteiger charge is -2.26. The maximum Gasteiger partial charge on any atom is 0.225 e. The summed E-state index contributed by atoms with van der Waals surface area (Å²) in [7, 11) is 0. The first kappa shape index (κ1) is 19.7. The molecule has 4 atom stereocenters. The summed E-state index contributed by atoms with van der Waals surface area (Å²) in [4.78, 5) is 12.5. The third-order valence-corrected chi connectivity index (χ3v) is 5.45. The first-order valence-corrected chi connectivity index (χ1v) is 9.26. The van der Waals surface area contributed by atoms with E-state index in [9.17, 15) is 4.79 Å². The number of carbonyl (C=O) groups is 1. The topological polar surface area (TPSA) is 65.2 Å². The summed E-state index contributed by atoms with van der Waals surface area (Å²) in [5.74, 6) is 0.581. The highest BCUT2D eigenvalue weighted by Gasteiger charge is 2.37. The molecular weight excluding hydrogens is 392 g/mol. The van der Waals surface area contributed by atoms with Gasteiger partial charge in [0.05, 0.1) is 18.1 Å². The van der Waals surface area contributed by atoms with Crippen LogP contribution in [0.3, 0.4) is 0 Å². The third-order valence-electron chi connectivity index (χ3n) is 4.92. The van der Waals surface area contributed by atoms with Gasteiger partial charge in [-0.3, -0.25) is 4.79 Å². The van der Waals surface area contributed by atoms with E-state index in [1.165, 1.54) is 5.56 Å². The highest BCUT2D eigenvalue weighted by molar-refractivity contribution is 9.10. The van der Waals surface area contributed by atoms with Gasteiger partial charge in [0, 0.05) is 16.9 Å². The van der Waals surface area contributed by atoms with Crippen molar-refractivity contribution in [1.82, 2.24) is 21.5 Å². The highest BCUT2D eigenvalue weighted by Crippen LogP contribution is 2.31. The monoisotopic (exact) mass is 416 g/mol. The summed E-state index contributed by atoms with van der Waals surface area (Å²) in [5, 5.41) is 6.50. The average molecular weight is 418 g/mol. The molecule has 24 heavy (non-hydrogen) atoms. The van der Waals surface area contributed by atoms with Crippen LogP contribution < -0.4 is 21.5 Å². The van der Waals surface area contributed by atoms with Crippen molar-refractivity contribution in [3.8, 4) is 0 Å². The number of amides is 1. The van der Waals surface area contributed by atoms with Gasteiger partial charge in [-0.05, 0) is 43.5 Å². The molecule has 2 fully saturated rings. The normalized spacial score (nSPS) is 29.8. The van der Waals surface area contributed by atoms with Gasteiger partial charge in [0.1, 0.15) is 0 Å². The summed E-state index contributed by atoms with van der Waals surface area (Å²) in [6, 6.07) is 8.58. The lowest BCUT2D eigenvalue weighted by molar-refractivity contribution is -0.126. The van der Waals surface area contributed by atoms with Crippen LogP contribution in [0.4, 0.5) is 0 Å². The molecule has 0 saturated carbocycles.